The summed E-state index contributed by atoms with van der Waals surface area (Å²) < 4.78 is 18.6. The summed E-state index contributed by atoms with van der Waals surface area (Å²) in [5, 5.41) is 9.51. The molecule has 39 heavy (non-hydrogen) atoms. The molecule has 5 rings (SSSR count). The Morgan fingerprint density at radius 2 is 1.49 bits per heavy atom. The van der Waals surface area contributed by atoms with Gasteiger partial charge in [-0.3, -0.25) is 4.79 Å². The van der Waals surface area contributed by atoms with Gasteiger partial charge in [-0.2, -0.15) is 0 Å². The van der Waals surface area contributed by atoms with Crippen molar-refractivity contribution in [3.8, 4) is 34.1 Å². The van der Waals surface area contributed by atoms with Gasteiger partial charge in [0.15, 0.2) is 11.5 Å². The molecule has 202 valence electrons. The van der Waals surface area contributed by atoms with Crippen LogP contribution in [-0.2, 0) is 6.54 Å². The molecule has 0 radical (unpaired) electrons. The lowest BCUT2D eigenvalue weighted by molar-refractivity contribution is 0.0710. The smallest absolute Gasteiger partial charge is 0.253 e. The highest BCUT2D eigenvalue weighted by molar-refractivity contribution is 5.94. The zero-order chi connectivity index (χ0) is 27.4. The maximum atomic E-state index is 13.2. The van der Waals surface area contributed by atoms with Gasteiger partial charge in [-0.15, -0.1) is 0 Å². The number of hydrogen-bond acceptors (Lipinski definition) is 6. The van der Waals surface area contributed by atoms with Crippen molar-refractivity contribution in [1.29, 1.82) is 0 Å². The molecule has 1 saturated heterocycles. The van der Waals surface area contributed by atoms with E-state index < -0.39 is 0 Å². The second-order valence-corrected chi connectivity index (χ2v) is 9.64. The predicted molar refractivity (Wildman–Crippen MR) is 149 cm³/mol. The summed E-state index contributed by atoms with van der Waals surface area (Å²) in [5.41, 5.74) is 3.70. The molecule has 0 saturated carbocycles. The molecule has 1 amide bonds. The molecular formula is C31H33N3O5. The van der Waals surface area contributed by atoms with E-state index in [1.165, 1.54) is 0 Å². The number of aromatic hydroxyl groups is 1. The average Bonchev–Trinajstić information content (AvgIpc) is 3.44. The first-order valence-corrected chi connectivity index (χ1v) is 13.0. The lowest BCUT2D eigenvalue weighted by atomic mass is 9.95. The van der Waals surface area contributed by atoms with Crippen molar-refractivity contribution in [2.75, 3.05) is 34.4 Å². The average molecular weight is 528 g/mol. The van der Waals surface area contributed by atoms with Crippen molar-refractivity contribution >= 4 is 5.91 Å². The van der Waals surface area contributed by atoms with Crippen LogP contribution in [0.15, 0.2) is 73.1 Å². The molecule has 0 spiro atoms. The molecule has 8 heteroatoms. The highest BCUT2D eigenvalue weighted by Gasteiger charge is 2.27. The second-order valence-electron chi connectivity index (χ2n) is 9.64. The number of aromatic nitrogens is 2. The van der Waals surface area contributed by atoms with Crippen molar-refractivity contribution in [3.05, 3.63) is 90.0 Å². The maximum absolute atomic E-state index is 13.2. The van der Waals surface area contributed by atoms with Crippen LogP contribution in [-0.4, -0.2) is 59.9 Å². The zero-order valence-corrected chi connectivity index (χ0v) is 22.5. The van der Waals surface area contributed by atoms with Gasteiger partial charge in [-0.25, -0.2) is 4.98 Å². The number of phenolic OH excluding ortho intramolecular Hbond substituents is 1. The lowest BCUT2D eigenvalue weighted by Crippen LogP contribution is -2.38. The minimum atomic E-state index is 0.0477. The van der Waals surface area contributed by atoms with Crippen molar-refractivity contribution in [2.45, 2.75) is 25.3 Å². The number of methoxy groups -OCH3 is 3. The number of phenols is 1. The molecule has 1 N–H and O–H groups in total. The Morgan fingerprint density at radius 3 is 2.05 bits per heavy atom. The van der Waals surface area contributed by atoms with E-state index >= 15 is 0 Å². The summed E-state index contributed by atoms with van der Waals surface area (Å²) >= 11 is 0. The molecule has 0 atom stereocenters. The Morgan fingerprint density at radius 1 is 0.897 bits per heavy atom. The third-order valence-electron chi connectivity index (χ3n) is 7.30. The van der Waals surface area contributed by atoms with Crippen LogP contribution in [0, 0.1) is 0 Å². The highest BCUT2D eigenvalue weighted by atomic mass is 16.5. The van der Waals surface area contributed by atoms with Gasteiger partial charge in [0, 0.05) is 43.5 Å². The van der Waals surface area contributed by atoms with Crippen molar-refractivity contribution in [3.63, 3.8) is 0 Å². The Kier molecular flexibility index (Phi) is 7.72. The number of carbonyl (C=O) groups excluding carboxylic acids is 1. The van der Waals surface area contributed by atoms with Gasteiger partial charge in [-0.05, 0) is 65.9 Å². The Balaban J connectivity index is 1.23. The first kappa shape index (κ1) is 26.2. The second kappa shape index (κ2) is 11.5. The van der Waals surface area contributed by atoms with Crippen LogP contribution in [0.3, 0.4) is 0 Å². The van der Waals surface area contributed by atoms with Crippen LogP contribution in [0.5, 0.6) is 23.0 Å². The van der Waals surface area contributed by atoms with E-state index in [0.29, 0.717) is 42.4 Å². The fourth-order valence-electron chi connectivity index (χ4n) is 5.22. The summed E-state index contributed by atoms with van der Waals surface area (Å²) in [6.45, 7) is 1.99. The Hall–Kier alpha value is -4.46. The van der Waals surface area contributed by atoms with Gasteiger partial charge in [0.2, 0.25) is 5.75 Å². The van der Waals surface area contributed by atoms with Gasteiger partial charge in [0.1, 0.15) is 11.6 Å². The first-order valence-electron chi connectivity index (χ1n) is 13.0. The monoisotopic (exact) mass is 527 g/mol. The normalized spacial score (nSPS) is 13.8. The van der Waals surface area contributed by atoms with E-state index in [-0.39, 0.29) is 17.6 Å². The van der Waals surface area contributed by atoms with E-state index in [2.05, 4.69) is 9.55 Å². The molecule has 0 unspecified atom stereocenters. The number of imidazole rings is 1. The van der Waals surface area contributed by atoms with E-state index in [1.807, 2.05) is 65.8 Å². The van der Waals surface area contributed by atoms with Crippen molar-refractivity contribution in [2.24, 2.45) is 0 Å². The van der Waals surface area contributed by atoms with Crippen LogP contribution in [0.25, 0.3) is 11.1 Å². The molecule has 1 aromatic heterocycles. The quantitative estimate of drug-likeness (QED) is 0.333. The van der Waals surface area contributed by atoms with Gasteiger partial charge in [-0.1, -0.05) is 24.3 Å². The number of carbonyl (C=O) groups is 1. The minimum absolute atomic E-state index is 0.0477. The number of benzene rings is 3. The summed E-state index contributed by atoms with van der Waals surface area (Å²) in [4.78, 5) is 19.8. The third-order valence-corrected chi connectivity index (χ3v) is 7.30. The molecule has 3 aromatic carbocycles. The molecule has 0 bridgehead atoms. The molecule has 0 aliphatic carbocycles. The first-order chi connectivity index (χ1) is 19.0. The number of piperidine rings is 1. The lowest BCUT2D eigenvalue weighted by Gasteiger charge is -2.32. The van der Waals surface area contributed by atoms with Crippen molar-refractivity contribution in [1.82, 2.24) is 14.5 Å². The molecule has 8 nitrogen and oxygen atoms in total. The third kappa shape index (κ3) is 5.55. The van der Waals surface area contributed by atoms with Crippen molar-refractivity contribution < 1.29 is 24.1 Å². The Bertz CT molecular complexity index is 1400. The van der Waals surface area contributed by atoms with Gasteiger partial charge in [0.05, 0.1) is 21.3 Å². The standard InChI is InChI=1S/C31H33N3O5/c1-37-27-18-21(19-28(38-2)29(27)39-3)20-34-17-14-32-30(34)24-12-15-33(16-13-24)31(36)25-6-4-22(5-7-25)23-8-10-26(35)11-9-23/h4-11,14,17-19,24,35H,12-13,15-16,20H2,1-3H3. The van der Waals surface area contributed by atoms with Crippen LogP contribution in [0.4, 0.5) is 0 Å². The van der Waals surface area contributed by atoms with E-state index in [4.69, 9.17) is 14.2 Å². The summed E-state index contributed by atoms with van der Waals surface area (Å²) in [6, 6.07) is 18.6. The maximum Gasteiger partial charge on any atom is 0.253 e. The SMILES string of the molecule is COc1cc(Cn2ccnc2C2CCN(C(=O)c3ccc(-c4ccc(O)cc4)cc3)CC2)cc(OC)c1OC. The van der Waals surface area contributed by atoms with Crippen LogP contribution in [0.2, 0.25) is 0 Å². The highest BCUT2D eigenvalue weighted by Crippen LogP contribution is 2.38. The summed E-state index contributed by atoms with van der Waals surface area (Å²) in [6.07, 6.45) is 5.53. The number of hydrogen-bond donors (Lipinski definition) is 1. The molecule has 2 heterocycles. The van der Waals surface area contributed by atoms with Crippen LogP contribution < -0.4 is 14.2 Å². The summed E-state index contributed by atoms with van der Waals surface area (Å²) in [5.74, 6) is 3.38. The topological polar surface area (TPSA) is 86.1 Å². The van der Waals surface area contributed by atoms with E-state index in [0.717, 1.165) is 35.4 Å². The number of amides is 1. The molecule has 4 aromatic rings. The number of nitrogens with zero attached hydrogens (tertiary/aromatic N) is 3. The van der Waals surface area contributed by atoms with Gasteiger partial charge in [0.25, 0.3) is 5.91 Å². The minimum Gasteiger partial charge on any atom is -0.508 e. The fourth-order valence-corrected chi connectivity index (χ4v) is 5.22. The molecule has 1 fully saturated rings. The molecule has 1 aliphatic rings. The zero-order valence-electron chi connectivity index (χ0n) is 22.5. The number of likely N-dealkylation sites (tertiary alicyclic amines) is 1. The number of rotatable bonds is 8. The predicted octanol–water partition coefficient (Wildman–Crippen LogP) is 5.35. The largest absolute Gasteiger partial charge is 0.508 e. The van der Waals surface area contributed by atoms with Gasteiger partial charge < -0.3 is 28.8 Å². The number of ether oxygens (including phenoxy) is 3. The fraction of sp³-hybridized carbons (Fsp3) is 0.290. The van der Waals surface area contributed by atoms with Crippen LogP contribution >= 0.6 is 0 Å². The molecule has 1 aliphatic heterocycles. The summed E-state index contributed by atoms with van der Waals surface area (Å²) in [7, 11) is 4.82. The van der Waals surface area contributed by atoms with Gasteiger partial charge >= 0.3 is 0 Å². The van der Waals surface area contributed by atoms with Crippen LogP contribution in [0.1, 0.15) is 40.5 Å². The van der Waals surface area contributed by atoms with E-state index in [9.17, 15) is 9.90 Å². The van der Waals surface area contributed by atoms with E-state index in [1.54, 1.807) is 33.5 Å². The molecular weight excluding hydrogens is 494 g/mol. The Labute approximate surface area is 228 Å².